The van der Waals surface area contributed by atoms with Crippen molar-refractivity contribution in [2.24, 2.45) is 5.92 Å². The lowest BCUT2D eigenvalue weighted by atomic mass is 10.3. The molecule has 1 amide bonds. The lowest BCUT2D eigenvalue weighted by Gasteiger charge is -2.04. The average molecular weight is 215 g/mol. The Morgan fingerprint density at radius 3 is 2.80 bits per heavy atom. The smallest absolute Gasteiger partial charge is 0.284 e. The number of nitrogens with one attached hydrogen (secondary N) is 2. The van der Waals surface area contributed by atoms with Crippen molar-refractivity contribution in [3.05, 3.63) is 11.4 Å². The Kier molecular flexibility index (Phi) is 2.42. The molecule has 0 unspecified atom stereocenters. The Bertz CT molecular complexity index is 385. The molecule has 0 atom stereocenters. The molecule has 0 saturated heterocycles. The number of aromatic nitrogens is 2. The number of hydrogen-bond donors (Lipinski definition) is 2. The number of alkyl halides is 2. The Morgan fingerprint density at radius 1 is 1.60 bits per heavy atom. The van der Waals surface area contributed by atoms with Crippen LogP contribution in [0.2, 0.25) is 0 Å². The van der Waals surface area contributed by atoms with Crippen molar-refractivity contribution < 1.29 is 13.6 Å². The highest BCUT2D eigenvalue weighted by Gasteiger charge is 2.31. The van der Waals surface area contributed by atoms with Crippen molar-refractivity contribution >= 4 is 11.6 Å². The van der Waals surface area contributed by atoms with Crippen molar-refractivity contribution in [1.82, 2.24) is 10.2 Å². The number of rotatable bonds is 3. The molecule has 1 fully saturated rings. The first-order valence-electron chi connectivity index (χ1n) is 4.73. The largest absolute Gasteiger partial charge is 0.323 e. The van der Waals surface area contributed by atoms with Gasteiger partial charge in [-0.1, -0.05) is 0 Å². The predicted molar refractivity (Wildman–Crippen MR) is 49.6 cm³/mol. The third-order valence-electron chi connectivity index (χ3n) is 2.38. The van der Waals surface area contributed by atoms with Crippen molar-refractivity contribution in [2.75, 3.05) is 5.32 Å². The molecule has 1 aliphatic carbocycles. The second-order valence-corrected chi connectivity index (χ2v) is 3.67. The van der Waals surface area contributed by atoms with Crippen LogP contribution in [0.4, 0.5) is 14.5 Å². The molecule has 1 saturated carbocycles. The van der Waals surface area contributed by atoms with Gasteiger partial charge in [-0.3, -0.25) is 9.89 Å². The number of H-pyrrole nitrogens is 1. The fourth-order valence-corrected chi connectivity index (χ4v) is 1.33. The topological polar surface area (TPSA) is 57.8 Å². The molecule has 0 radical (unpaired) electrons. The van der Waals surface area contributed by atoms with Crippen LogP contribution in [-0.4, -0.2) is 16.1 Å². The minimum absolute atomic E-state index is 0.00942. The summed E-state index contributed by atoms with van der Waals surface area (Å²) in [5.74, 6) is -0.203. The van der Waals surface area contributed by atoms with Gasteiger partial charge in [0.1, 0.15) is 0 Å². The van der Waals surface area contributed by atoms with E-state index in [1.165, 1.54) is 0 Å². The van der Waals surface area contributed by atoms with Crippen LogP contribution in [-0.2, 0) is 4.79 Å². The van der Waals surface area contributed by atoms with Gasteiger partial charge in [0.15, 0.2) is 5.69 Å². The van der Waals surface area contributed by atoms with Gasteiger partial charge < -0.3 is 5.32 Å². The summed E-state index contributed by atoms with van der Waals surface area (Å²) in [6, 6.07) is 0. The minimum Gasteiger partial charge on any atom is -0.323 e. The Morgan fingerprint density at radius 2 is 2.27 bits per heavy atom. The first-order chi connectivity index (χ1) is 7.09. The van der Waals surface area contributed by atoms with Crippen molar-refractivity contribution in [2.45, 2.75) is 26.2 Å². The van der Waals surface area contributed by atoms with Crippen LogP contribution >= 0.6 is 0 Å². The summed E-state index contributed by atoms with van der Waals surface area (Å²) < 4.78 is 24.9. The van der Waals surface area contributed by atoms with E-state index in [2.05, 4.69) is 15.5 Å². The van der Waals surface area contributed by atoms with Crippen LogP contribution < -0.4 is 5.32 Å². The summed E-state index contributed by atoms with van der Waals surface area (Å²) in [5.41, 5.74) is 0.197. The maximum Gasteiger partial charge on any atom is 0.284 e. The molecule has 6 heteroatoms. The number of hydrogen-bond acceptors (Lipinski definition) is 2. The molecule has 4 nitrogen and oxygen atoms in total. The van der Waals surface area contributed by atoms with Gasteiger partial charge in [-0.25, -0.2) is 8.78 Å². The summed E-state index contributed by atoms with van der Waals surface area (Å²) in [5, 5.41) is 8.39. The molecule has 0 aliphatic heterocycles. The summed E-state index contributed by atoms with van der Waals surface area (Å²) in [7, 11) is 0. The second kappa shape index (κ2) is 3.60. The normalized spacial score (nSPS) is 15.7. The Hall–Kier alpha value is -1.46. The molecule has 1 aliphatic rings. The number of nitrogens with zero attached hydrogens (tertiary/aromatic N) is 1. The number of amides is 1. The van der Waals surface area contributed by atoms with Crippen molar-refractivity contribution in [1.29, 1.82) is 0 Å². The standard InChI is InChI=1S/C9H11F2N3O/c1-4-6(7(8(10)11)14-13-4)12-9(15)5-2-3-5/h5,8H,2-3H2,1H3,(H,12,15)(H,13,14). The van der Waals surface area contributed by atoms with Crippen LogP contribution in [0.15, 0.2) is 0 Å². The first kappa shape index (κ1) is 10.1. The summed E-state index contributed by atoms with van der Waals surface area (Å²) in [6.07, 6.45) is -0.996. The molecule has 1 aromatic rings. The Balaban J connectivity index is 2.17. The Labute approximate surface area is 85.1 Å². The predicted octanol–water partition coefficient (Wildman–Crippen LogP) is 2.00. The fourth-order valence-electron chi connectivity index (χ4n) is 1.33. The van der Waals surface area contributed by atoms with E-state index in [1.807, 2.05) is 0 Å². The SMILES string of the molecule is Cc1[nH]nc(C(F)F)c1NC(=O)C1CC1. The quantitative estimate of drug-likeness (QED) is 0.810. The highest BCUT2D eigenvalue weighted by Crippen LogP contribution is 2.32. The summed E-state index contributed by atoms with van der Waals surface area (Å²) in [6.45, 7) is 1.60. The number of halogens is 2. The van der Waals surface area contributed by atoms with Crippen LogP contribution in [0, 0.1) is 12.8 Å². The van der Waals surface area contributed by atoms with E-state index in [4.69, 9.17) is 0 Å². The van der Waals surface area contributed by atoms with Crippen molar-refractivity contribution in [3.8, 4) is 0 Å². The van der Waals surface area contributed by atoms with Gasteiger partial charge in [0.05, 0.1) is 11.4 Å². The molecule has 0 spiro atoms. The fraction of sp³-hybridized carbons (Fsp3) is 0.556. The van der Waals surface area contributed by atoms with Crippen LogP contribution in [0.25, 0.3) is 0 Å². The van der Waals surface area contributed by atoms with Crippen LogP contribution in [0.3, 0.4) is 0 Å². The van der Waals surface area contributed by atoms with Gasteiger partial charge in [0.2, 0.25) is 5.91 Å². The van der Waals surface area contributed by atoms with Crippen LogP contribution in [0.5, 0.6) is 0 Å². The molecule has 2 rings (SSSR count). The van der Waals surface area contributed by atoms with Gasteiger partial charge in [0.25, 0.3) is 6.43 Å². The van der Waals surface area contributed by atoms with E-state index < -0.39 is 6.43 Å². The van der Waals surface area contributed by atoms with Crippen molar-refractivity contribution in [3.63, 3.8) is 0 Å². The highest BCUT2D eigenvalue weighted by molar-refractivity contribution is 5.95. The summed E-state index contributed by atoms with van der Waals surface area (Å²) >= 11 is 0. The monoisotopic (exact) mass is 215 g/mol. The minimum atomic E-state index is -2.68. The second-order valence-electron chi connectivity index (χ2n) is 3.67. The third-order valence-corrected chi connectivity index (χ3v) is 2.38. The molecule has 0 bridgehead atoms. The number of anilines is 1. The number of carbonyl (C=O) groups is 1. The summed E-state index contributed by atoms with van der Waals surface area (Å²) in [4.78, 5) is 11.4. The lowest BCUT2D eigenvalue weighted by molar-refractivity contribution is -0.117. The number of aromatic amines is 1. The van der Waals surface area contributed by atoms with E-state index in [1.54, 1.807) is 6.92 Å². The van der Waals surface area contributed by atoms with Gasteiger partial charge in [0, 0.05) is 5.92 Å². The van der Waals surface area contributed by atoms with Gasteiger partial charge >= 0.3 is 0 Å². The zero-order valence-electron chi connectivity index (χ0n) is 8.18. The third kappa shape index (κ3) is 1.98. The lowest BCUT2D eigenvalue weighted by Crippen LogP contribution is -2.14. The zero-order chi connectivity index (χ0) is 11.0. The maximum absolute atomic E-state index is 12.5. The molecule has 82 valence electrons. The maximum atomic E-state index is 12.5. The number of aryl methyl sites for hydroxylation is 1. The zero-order valence-corrected chi connectivity index (χ0v) is 8.18. The van der Waals surface area contributed by atoms with E-state index in [9.17, 15) is 13.6 Å². The van der Waals surface area contributed by atoms with Gasteiger partial charge in [-0.05, 0) is 19.8 Å². The molecule has 1 aromatic heterocycles. The molecule has 2 N–H and O–H groups in total. The van der Waals surface area contributed by atoms with Crippen LogP contribution in [0.1, 0.15) is 30.7 Å². The highest BCUT2D eigenvalue weighted by atomic mass is 19.3. The molecular weight excluding hydrogens is 204 g/mol. The van der Waals surface area contributed by atoms with E-state index >= 15 is 0 Å². The van der Waals surface area contributed by atoms with Gasteiger partial charge in [-0.15, -0.1) is 0 Å². The molecule has 1 heterocycles. The first-order valence-corrected chi connectivity index (χ1v) is 4.73. The van der Waals surface area contributed by atoms with E-state index in [0.29, 0.717) is 5.69 Å². The van der Waals surface area contributed by atoms with E-state index in [0.717, 1.165) is 12.8 Å². The average Bonchev–Trinajstić information content (AvgIpc) is 2.94. The number of carbonyl (C=O) groups excluding carboxylic acids is 1. The molecule has 0 aromatic carbocycles. The molecular formula is C9H11F2N3O. The molecule has 15 heavy (non-hydrogen) atoms. The van der Waals surface area contributed by atoms with Gasteiger partial charge in [-0.2, -0.15) is 5.10 Å². The van der Waals surface area contributed by atoms with E-state index in [-0.39, 0.29) is 23.2 Å².